The van der Waals surface area contributed by atoms with E-state index in [1.54, 1.807) is 12.1 Å². The zero-order chi connectivity index (χ0) is 14.7. The number of aromatic nitrogens is 3. The van der Waals surface area contributed by atoms with E-state index in [1.165, 1.54) is 17.4 Å². The second kappa shape index (κ2) is 6.07. The number of fused-ring (bicyclic) bond motifs is 1. The van der Waals surface area contributed by atoms with Gasteiger partial charge >= 0.3 is 0 Å². The topological polar surface area (TPSA) is 59.3 Å². The molecule has 0 aromatic carbocycles. The summed E-state index contributed by atoms with van der Waals surface area (Å²) < 4.78 is 2.54. The number of rotatable bonds is 4. The van der Waals surface area contributed by atoms with Gasteiger partial charge < -0.3 is 5.32 Å². The molecule has 0 unspecified atom stereocenters. The van der Waals surface area contributed by atoms with E-state index in [4.69, 9.17) is 11.6 Å². The molecule has 0 atom stereocenters. The third-order valence-corrected chi connectivity index (χ3v) is 3.99. The van der Waals surface area contributed by atoms with Gasteiger partial charge in [0.15, 0.2) is 11.5 Å². The van der Waals surface area contributed by atoms with Crippen molar-refractivity contribution in [2.75, 3.05) is 0 Å². The van der Waals surface area contributed by atoms with Gasteiger partial charge in [-0.05, 0) is 30.3 Å². The van der Waals surface area contributed by atoms with Crippen LogP contribution in [0.4, 0.5) is 0 Å². The quantitative estimate of drug-likeness (QED) is 0.752. The van der Waals surface area contributed by atoms with E-state index in [9.17, 15) is 4.79 Å². The van der Waals surface area contributed by atoms with Crippen LogP contribution in [0, 0.1) is 0 Å². The number of pyridine rings is 1. The maximum Gasteiger partial charge on any atom is 0.244 e. The third kappa shape index (κ3) is 3.29. The zero-order valence-corrected chi connectivity index (χ0v) is 12.4. The smallest absolute Gasteiger partial charge is 0.244 e. The lowest BCUT2D eigenvalue weighted by atomic mass is 10.4. The van der Waals surface area contributed by atoms with Crippen molar-refractivity contribution in [3.05, 3.63) is 57.6 Å². The Morgan fingerprint density at radius 2 is 2.24 bits per heavy atom. The Bertz CT molecular complexity index is 808. The Morgan fingerprint density at radius 3 is 3.05 bits per heavy atom. The molecule has 0 aliphatic rings. The van der Waals surface area contributed by atoms with Gasteiger partial charge in [-0.25, -0.2) is 0 Å². The van der Waals surface area contributed by atoms with Crippen LogP contribution in [-0.2, 0) is 11.3 Å². The van der Waals surface area contributed by atoms with Gasteiger partial charge in [-0.2, -0.15) is 0 Å². The number of carbonyl (C=O) groups is 1. The summed E-state index contributed by atoms with van der Waals surface area (Å²) in [5, 5.41) is 10.8. The average molecular weight is 319 g/mol. The molecule has 3 heterocycles. The number of hydrogen-bond acceptors (Lipinski definition) is 4. The van der Waals surface area contributed by atoms with Gasteiger partial charge in [0.05, 0.1) is 10.9 Å². The van der Waals surface area contributed by atoms with Gasteiger partial charge in [-0.15, -0.1) is 21.5 Å². The molecule has 106 valence electrons. The summed E-state index contributed by atoms with van der Waals surface area (Å²) >= 11 is 7.25. The molecule has 1 N–H and O–H groups in total. The zero-order valence-electron chi connectivity index (χ0n) is 10.9. The first kappa shape index (κ1) is 13.8. The summed E-state index contributed by atoms with van der Waals surface area (Å²) in [6, 6.07) is 9.30. The molecule has 0 spiro atoms. The maximum absolute atomic E-state index is 11.8. The van der Waals surface area contributed by atoms with Crippen molar-refractivity contribution in [3.8, 4) is 0 Å². The minimum atomic E-state index is -0.188. The van der Waals surface area contributed by atoms with E-state index in [2.05, 4.69) is 15.5 Å². The molecule has 0 aliphatic heterocycles. The Balaban J connectivity index is 1.62. The van der Waals surface area contributed by atoms with Crippen molar-refractivity contribution in [2.24, 2.45) is 0 Å². The summed E-state index contributed by atoms with van der Waals surface area (Å²) in [6.45, 7) is 0.319. The summed E-state index contributed by atoms with van der Waals surface area (Å²) in [6.07, 6.45) is 5.07. The summed E-state index contributed by atoms with van der Waals surface area (Å²) in [4.78, 5) is 12.7. The largest absolute Gasteiger partial charge is 0.345 e. The van der Waals surface area contributed by atoms with E-state index in [0.29, 0.717) is 16.7 Å². The lowest BCUT2D eigenvalue weighted by Gasteiger charge is -2.00. The van der Waals surface area contributed by atoms with Gasteiger partial charge in [-0.3, -0.25) is 9.20 Å². The monoisotopic (exact) mass is 318 g/mol. The Kier molecular flexibility index (Phi) is 3.98. The van der Waals surface area contributed by atoms with E-state index >= 15 is 0 Å². The molecular formula is C14H11ClN4OS. The molecule has 0 saturated heterocycles. The normalized spacial score (nSPS) is 11.3. The minimum Gasteiger partial charge on any atom is -0.345 e. The molecule has 3 rings (SSSR count). The van der Waals surface area contributed by atoms with Gasteiger partial charge in [0, 0.05) is 17.2 Å². The van der Waals surface area contributed by atoms with Crippen LogP contribution in [0.2, 0.25) is 4.34 Å². The number of amides is 1. The fourth-order valence-corrected chi connectivity index (χ4v) is 2.78. The van der Waals surface area contributed by atoms with Crippen LogP contribution in [0.3, 0.4) is 0 Å². The maximum atomic E-state index is 11.8. The second-order valence-corrected chi connectivity index (χ2v) is 5.98. The van der Waals surface area contributed by atoms with Crippen molar-refractivity contribution >= 4 is 40.6 Å². The van der Waals surface area contributed by atoms with Gasteiger partial charge in [0.25, 0.3) is 0 Å². The van der Waals surface area contributed by atoms with Crippen LogP contribution in [0.15, 0.2) is 42.6 Å². The molecule has 7 heteroatoms. The van der Waals surface area contributed by atoms with Crippen LogP contribution in [0.5, 0.6) is 0 Å². The molecule has 0 aliphatic carbocycles. The van der Waals surface area contributed by atoms with Crippen LogP contribution in [0.25, 0.3) is 11.7 Å². The van der Waals surface area contributed by atoms with E-state index < -0.39 is 0 Å². The first-order valence-corrected chi connectivity index (χ1v) is 7.42. The Hall–Kier alpha value is -2.18. The molecule has 3 aromatic rings. The number of carbonyl (C=O) groups excluding carboxylic acids is 1. The highest BCUT2D eigenvalue weighted by Crippen LogP contribution is 2.22. The van der Waals surface area contributed by atoms with Crippen LogP contribution in [-0.4, -0.2) is 20.5 Å². The summed E-state index contributed by atoms with van der Waals surface area (Å²) in [5.41, 5.74) is 0.755. The first-order valence-electron chi connectivity index (χ1n) is 6.22. The third-order valence-electron chi connectivity index (χ3n) is 2.80. The standard InChI is InChI=1S/C14H11ClN4OS/c15-11-6-4-10(21-11)5-7-14(20)16-9-13-18-17-12-3-1-2-8-19(12)13/h1-8H,9H2,(H,16,20)/b7-5-. The van der Waals surface area contributed by atoms with Crippen molar-refractivity contribution in [3.63, 3.8) is 0 Å². The fraction of sp³-hybridized carbons (Fsp3) is 0.0714. The number of nitrogens with zero attached hydrogens (tertiary/aromatic N) is 3. The molecule has 21 heavy (non-hydrogen) atoms. The highest BCUT2D eigenvalue weighted by atomic mass is 35.5. The lowest BCUT2D eigenvalue weighted by molar-refractivity contribution is -0.116. The Morgan fingerprint density at radius 1 is 1.33 bits per heavy atom. The fourth-order valence-electron chi connectivity index (χ4n) is 1.81. The van der Waals surface area contributed by atoms with E-state index in [0.717, 1.165) is 10.5 Å². The predicted octanol–water partition coefficient (Wildman–Crippen LogP) is 2.77. The van der Waals surface area contributed by atoms with Crippen molar-refractivity contribution in [2.45, 2.75) is 6.54 Å². The SMILES string of the molecule is O=C(/C=C\c1ccc(Cl)s1)NCc1nnc2ccccn12. The van der Waals surface area contributed by atoms with E-state index in [-0.39, 0.29) is 5.91 Å². The van der Waals surface area contributed by atoms with Gasteiger partial charge in [-0.1, -0.05) is 17.7 Å². The first-order chi connectivity index (χ1) is 10.2. The summed E-state index contributed by atoms with van der Waals surface area (Å²) in [5.74, 6) is 0.499. The number of thiophene rings is 1. The molecule has 3 aromatic heterocycles. The highest BCUT2D eigenvalue weighted by molar-refractivity contribution is 7.17. The number of hydrogen-bond donors (Lipinski definition) is 1. The minimum absolute atomic E-state index is 0.188. The van der Waals surface area contributed by atoms with Crippen LogP contribution < -0.4 is 5.32 Å². The second-order valence-electron chi connectivity index (χ2n) is 4.24. The number of nitrogens with one attached hydrogen (secondary N) is 1. The van der Waals surface area contributed by atoms with Crippen molar-refractivity contribution < 1.29 is 4.79 Å². The van der Waals surface area contributed by atoms with Crippen molar-refractivity contribution in [1.82, 2.24) is 19.9 Å². The van der Waals surface area contributed by atoms with Gasteiger partial charge in [0.2, 0.25) is 5.91 Å². The van der Waals surface area contributed by atoms with Crippen LogP contribution in [0.1, 0.15) is 10.7 Å². The molecule has 0 bridgehead atoms. The average Bonchev–Trinajstić information content (AvgIpc) is 3.09. The van der Waals surface area contributed by atoms with Crippen LogP contribution >= 0.6 is 22.9 Å². The molecule has 5 nitrogen and oxygen atoms in total. The van der Waals surface area contributed by atoms with Crippen molar-refractivity contribution in [1.29, 1.82) is 0 Å². The lowest BCUT2D eigenvalue weighted by Crippen LogP contribution is -2.21. The van der Waals surface area contributed by atoms with E-state index in [1.807, 2.05) is 34.9 Å². The molecule has 0 radical (unpaired) electrons. The number of halogens is 1. The Labute approximate surface area is 129 Å². The molecule has 1 amide bonds. The van der Waals surface area contributed by atoms with Gasteiger partial charge in [0.1, 0.15) is 0 Å². The highest BCUT2D eigenvalue weighted by Gasteiger charge is 2.05. The summed E-state index contributed by atoms with van der Waals surface area (Å²) in [7, 11) is 0. The molecule has 0 saturated carbocycles. The molecular weight excluding hydrogens is 308 g/mol. The predicted molar refractivity (Wildman–Crippen MR) is 83.2 cm³/mol. The molecule has 0 fully saturated rings.